The van der Waals surface area contributed by atoms with Gasteiger partial charge in [0.15, 0.2) is 0 Å². The normalized spacial score (nSPS) is 21.4. The van der Waals surface area contributed by atoms with E-state index in [-0.39, 0.29) is 23.9 Å². The molecule has 1 aromatic carbocycles. The SMILES string of the molecule is CC1CCCN(C(C)(C)CNC(=O)CN2C(=O)CSc3ccccc32)C1. The maximum Gasteiger partial charge on any atom is 0.240 e. The van der Waals surface area contributed by atoms with Gasteiger partial charge in [0, 0.05) is 23.5 Å². The molecule has 2 aliphatic rings. The largest absolute Gasteiger partial charge is 0.353 e. The smallest absolute Gasteiger partial charge is 0.240 e. The van der Waals surface area contributed by atoms with Crippen molar-refractivity contribution in [1.82, 2.24) is 10.2 Å². The van der Waals surface area contributed by atoms with Crippen molar-refractivity contribution in [3.63, 3.8) is 0 Å². The van der Waals surface area contributed by atoms with E-state index in [0.717, 1.165) is 23.7 Å². The summed E-state index contributed by atoms with van der Waals surface area (Å²) >= 11 is 1.53. The van der Waals surface area contributed by atoms with E-state index in [9.17, 15) is 9.59 Å². The second-order valence-electron chi connectivity index (χ2n) is 8.02. The number of piperidine rings is 1. The third-order valence-corrected chi connectivity index (χ3v) is 6.39. The Balaban J connectivity index is 1.58. The fourth-order valence-corrected chi connectivity index (χ4v) is 4.63. The van der Waals surface area contributed by atoms with Gasteiger partial charge >= 0.3 is 0 Å². The Bertz CT molecular complexity index is 677. The molecular weight excluding hydrogens is 346 g/mol. The van der Waals surface area contributed by atoms with Gasteiger partial charge in [-0.15, -0.1) is 11.8 Å². The van der Waals surface area contributed by atoms with Crippen molar-refractivity contribution in [2.75, 3.05) is 36.8 Å². The number of benzene rings is 1. The minimum absolute atomic E-state index is 0.00651. The molecule has 0 bridgehead atoms. The van der Waals surface area contributed by atoms with E-state index in [0.29, 0.717) is 18.2 Å². The Labute approximate surface area is 160 Å². The molecule has 5 nitrogen and oxygen atoms in total. The fourth-order valence-electron chi connectivity index (χ4n) is 3.69. The predicted octanol–water partition coefficient (Wildman–Crippen LogP) is 2.75. The van der Waals surface area contributed by atoms with Crippen LogP contribution in [0.5, 0.6) is 0 Å². The molecule has 1 N–H and O–H groups in total. The van der Waals surface area contributed by atoms with E-state index in [4.69, 9.17) is 0 Å². The number of fused-ring (bicyclic) bond motifs is 1. The van der Waals surface area contributed by atoms with Crippen molar-refractivity contribution < 1.29 is 9.59 Å². The lowest BCUT2D eigenvalue weighted by molar-refractivity contribution is -0.123. The zero-order valence-corrected chi connectivity index (χ0v) is 16.8. The van der Waals surface area contributed by atoms with E-state index in [2.05, 4.69) is 31.0 Å². The summed E-state index contributed by atoms with van der Waals surface area (Å²) in [5.41, 5.74) is 0.761. The summed E-state index contributed by atoms with van der Waals surface area (Å²) in [7, 11) is 0. The number of hydrogen-bond acceptors (Lipinski definition) is 4. The first-order valence-corrected chi connectivity index (χ1v) is 10.4. The number of hydrogen-bond donors (Lipinski definition) is 1. The molecular formula is C20H29N3O2S. The van der Waals surface area contributed by atoms with Gasteiger partial charge in [-0.3, -0.25) is 14.5 Å². The monoisotopic (exact) mass is 375 g/mol. The van der Waals surface area contributed by atoms with Crippen LogP contribution in [0.25, 0.3) is 0 Å². The van der Waals surface area contributed by atoms with Crippen LogP contribution < -0.4 is 10.2 Å². The van der Waals surface area contributed by atoms with Gasteiger partial charge in [0.2, 0.25) is 11.8 Å². The predicted molar refractivity (Wildman–Crippen MR) is 107 cm³/mol. The molecule has 1 unspecified atom stereocenters. The third-order valence-electron chi connectivity index (χ3n) is 5.34. The number of amides is 2. The molecule has 0 saturated carbocycles. The molecule has 2 heterocycles. The van der Waals surface area contributed by atoms with E-state index < -0.39 is 0 Å². The minimum atomic E-state index is -0.0989. The number of carbonyl (C=O) groups excluding carboxylic acids is 2. The van der Waals surface area contributed by atoms with E-state index >= 15 is 0 Å². The standard InChI is InChI=1S/C20H29N3O2S/c1-15-7-6-10-22(11-15)20(2,3)14-21-18(24)12-23-16-8-4-5-9-17(16)26-13-19(23)25/h4-5,8-9,15H,6-7,10-14H2,1-3H3,(H,21,24). The quantitative estimate of drug-likeness (QED) is 0.860. The number of anilines is 1. The molecule has 3 rings (SSSR count). The van der Waals surface area contributed by atoms with Crippen LogP contribution in [0.2, 0.25) is 0 Å². The number of carbonyl (C=O) groups is 2. The van der Waals surface area contributed by atoms with Gasteiger partial charge in [0.1, 0.15) is 6.54 Å². The lowest BCUT2D eigenvalue weighted by Crippen LogP contribution is -2.55. The van der Waals surface area contributed by atoms with E-state index in [1.54, 1.807) is 4.90 Å². The maximum absolute atomic E-state index is 12.5. The summed E-state index contributed by atoms with van der Waals surface area (Å²) in [6, 6.07) is 7.77. The van der Waals surface area contributed by atoms with E-state index in [1.165, 1.54) is 24.6 Å². The molecule has 6 heteroatoms. The van der Waals surface area contributed by atoms with Crippen molar-refractivity contribution in [2.24, 2.45) is 5.92 Å². The van der Waals surface area contributed by atoms with Crippen LogP contribution >= 0.6 is 11.8 Å². The van der Waals surface area contributed by atoms with Crippen molar-refractivity contribution in [2.45, 2.75) is 44.0 Å². The minimum Gasteiger partial charge on any atom is -0.353 e. The molecule has 142 valence electrons. The van der Waals surface area contributed by atoms with Crippen molar-refractivity contribution in [3.8, 4) is 0 Å². The molecule has 0 radical (unpaired) electrons. The first-order chi connectivity index (χ1) is 12.4. The Hall–Kier alpha value is -1.53. The summed E-state index contributed by atoms with van der Waals surface area (Å²) in [5, 5.41) is 3.05. The van der Waals surface area contributed by atoms with Crippen LogP contribution in [-0.2, 0) is 9.59 Å². The Kier molecular flexibility index (Phi) is 5.92. The first-order valence-electron chi connectivity index (χ1n) is 9.41. The van der Waals surface area contributed by atoms with Crippen LogP contribution in [0.4, 0.5) is 5.69 Å². The van der Waals surface area contributed by atoms with Crippen molar-refractivity contribution in [1.29, 1.82) is 0 Å². The summed E-state index contributed by atoms with van der Waals surface area (Å²) in [5.74, 6) is 0.992. The molecule has 0 aliphatic carbocycles. The Morgan fingerprint density at radius 1 is 1.35 bits per heavy atom. The zero-order valence-electron chi connectivity index (χ0n) is 16.0. The number of likely N-dealkylation sites (tertiary alicyclic amines) is 1. The fraction of sp³-hybridized carbons (Fsp3) is 0.600. The summed E-state index contributed by atoms with van der Waals surface area (Å²) in [4.78, 5) is 30.0. The zero-order chi connectivity index (χ0) is 18.7. The number of rotatable bonds is 5. The van der Waals surface area contributed by atoms with E-state index in [1.807, 2.05) is 24.3 Å². The van der Waals surface area contributed by atoms with Crippen LogP contribution in [0.15, 0.2) is 29.2 Å². The molecule has 1 saturated heterocycles. The highest BCUT2D eigenvalue weighted by Gasteiger charge is 2.31. The molecule has 26 heavy (non-hydrogen) atoms. The second-order valence-corrected chi connectivity index (χ2v) is 9.04. The molecule has 2 aliphatic heterocycles. The summed E-state index contributed by atoms with van der Waals surface area (Å²) < 4.78 is 0. The summed E-state index contributed by atoms with van der Waals surface area (Å²) in [6.07, 6.45) is 2.50. The highest BCUT2D eigenvalue weighted by atomic mass is 32.2. The topological polar surface area (TPSA) is 52.7 Å². The van der Waals surface area contributed by atoms with Gasteiger partial charge in [-0.1, -0.05) is 19.1 Å². The third kappa shape index (κ3) is 4.41. The van der Waals surface area contributed by atoms with Gasteiger partial charge in [0.25, 0.3) is 0 Å². The molecule has 1 atom stereocenters. The van der Waals surface area contributed by atoms with Gasteiger partial charge in [-0.05, 0) is 51.3 Å². The molecule has 0 spiro atoms. The lowest BCUT2D eigenvalue weighted by atomic mass is 9.93. The van der Waals surface area contributed by atoms with Crippen molar-refractivity contribution in [3.05, 3.63) is 24.3 Å². The molecule has 1 fully saturated rings. The first kappa shape index (κ1) is 19.2. The number of nitrogens with zero attached hydrogens (tertiary/aromatic N) is 2. The van der Waals surface area contributed by atoms with Crippen LogP contribution in [0, 0.1) is 5.92 Å². The van der Waals surface area contributed by atoms with Gasteiger partial charge < -0.3 is 10.2 Å². The molecule has 1 aromatic rings. The lowest BCUT2D eigenvalue weighted by Gasteiger charge is -2.43. The van der Waals surface area contributed by atoms with Gasteiger partial charge in [-0.25, -0.2) is 0 Å². The highest BCUT2D eigenvalue weighted by Crippen LogP contribution is 2.34. The van der Waals surface area contributed by atoms with Gasteiger partial charge in [-0.2, -0.15) is 0 Å². The average molecular weight is 376 g/mol. The highest BCUT2D eigenvalue weighted by molar-refractivity contribution is 8.00. The second kappa shape index (κ2) is 8.01. The molecule has 0 aromatic heterocycles. The van der Waals surface area contributed by atoms with Crippen molar-refractivity contribution >= 4 is 29.3 Å². The Morgan fingerprint density at radius 2 is 2.12 bits per heavy atom. The van der Waals surface area contributed by atoms with Crippen LogP contribution in [-0.4, -0.2) is 54.2 Å². The van der Waals surface area contributed by atoms with Crippen LogP contribution in [0.3, 0.4) is 0 Å². The van der Waals surface area contributed by atoms with Gasteiger partial charge in [0.05, 0.1) is 11.4 Å². The average Bonchev–Trinajstić information content (AvgIpc) is 2.62. The summed E-state index contributed by atoms with van der Waals surface area (Å²) in [6.45, 7) is 9.51. The maximum atomic E-state index is 12.5. The number of thioether (sulfide) groups is 1. The van der Waals surface area contributed by atoms with Crippen LogP contribution in [0.1, 0.15) is 33.6 Å². The number of nitrogens with one attached hydrogen (secondary N) is 1. The molecule has 2 amide bonds. The Morgan fingerprint density at radius 3 is 2.88 bits per heavy atom. The number of para-hydroxylation sites is 1.